The molecule has 1 fully saturated rings. The smallest absolute Gasteiger partial charge is 0.220 e. The first kappa shape index (κ1) is 21.5. The summed E-state index contributed by atoms with van der Waals surface area (Å²) in [7, 11) is 0. The Bertz CT molecular complexity index is 1030. The fraction of sp³-hybridized carbons (Fsp3) is 0.333. The molecule has 4 rings (SSSR count). The zero-order valence-corrected chi connectivity index (χ0v) is 17.8. The van der Waals surface area contributed by atoms with Crippen LogP contribution in [0, 0.1) is 5.82 Å². The van der Waals surface area contributed by atoms with Crippen LogP contribution >= 0.6 is 11.6 Å². The molecule has 1 aliphatic rings. The average Bonchev–Trinajstić information content (AvgIpc) is 3.26. The van der Waals surface area contributed by atoms with Crippen LogP contribution in [0.25, 0.3) is 11.3 Å². The molecular formula is C24H24ClFN2O3. The number of oxazole rings is 1. The summed E-state index contributed by atoms with van der Waals surface area (Å²) >= 11 is 6.20. The molecule has 162 valence electrons. The van der Waals surface area contributed by atoms with Crippen LogP contribution in [0.5, 0.6) is 0 Å². The van der Waals surface area contributed by atoms with E-state index >= 15 is 0 Å². The molecule has 1 aliphatic heterocycles. The molecule has 2 heterocycles. The fourth-order valence-electron chi connectivity index (χ4n) is 3.92. The topological polar surface area (TPSA) is 64.4 Å². The Balaban J connectivity index is 1.35. The largest absolute Gasteiger partial charge is 0.441 e. The lowest BCUT2D eigenvalue weighted by Gasteiger charge is -2.38. The van der Waals surface area contributed by atoms with Gasteiger partial charge < -0.3 is 14.5 Å². The summed E-state index contributed by atoms with van der Waals surface area (Å²) < 4.78 is 24.7. The minimum Gasteiger partial charge on any atom is -0.441 e. The van der Waals surface area contributed by atoms with Gasteiger partial charge in [-0.25, -0.2) is 9.37 Å². The van der Waals surface area contributed by atoms with Crippen LogP contribution in [-0.2, 0) is 21.4 Å². The number of carbonyl (C=O) groups is 1. The van der Waals surface area contributed by atoms with Gasteiger partial charge in [0.1, 0.15) is 5.82 Å². The van der Waals surface area contributed by atoms with Gasteiger partial charge in [-0.1, -0.05) is 35.9 Å². The molecule has 0 saturated carbocycles. The summed E-state index contributed by atoms with van der Waals surface area (Å²) in [6.07, 6.45) is 3.83. The Morgan fingerprint density at radius 3 is 2.61 bits per heavy atom. The number of hydrogen-bond acceptors (Lipinski definition) is 4. The van der Waals surface area contributed by atoms with Gasteiger partial charge in [-0.2, -0.15) is 0 Å². The number of carbonyl (C=O) groups excluding carboxylic acids is 1. The van der Waals surface area contributed by atoms with E-state index in [0.717, 1.165) is 24.0 Å². The minimum absolute atomic E-state index is 0.0783. The van der Waals surface area contributed by atoms with Crippen molar-refractivity contribution in [1.82, 2.24) is 10.3 Å². The van der Waals surface area contributed by atoms with Gasteiger partial charge in [0.05, 0.1) is 11.2 Å². The van der Waals surface area contributed by atoms with E-state index in [1.54, 1.807) is 24.4 Å². The van der Waals surface area contributed by atoms with Gasteiger partial charge in [-0.15, -0.1) is 0 Å². The lowest BCUT2D eigenvalue weighted by molar-refractivity contribution is -0.121. The molecule has 2 aromatic carbocycles. The Hall–Kier alpha value is -2.70. The average molecular weight is 443 g/mol. The van der Waals surface area contributed by atoms with E-state index in [2.05, 4.69) is 10.3 Å². The zero-order chi connectivity index (χ0) is 21.7. The Labute approximate surface area is 185 Å². The first-order valence-corrected chi connectivity index (χ1v) is 10.7. The molecule has 0 atom stereocenters. The minimum atomic E-state index is -0.267. The summed E-state index contributed by atoms with van der Waals surface area (Å²) in [5.41, 5.74) is 1.55. The van der Waals surface area contributed by atoms with Crippen molar-refractivity contribution in [2.45, 2.75) is 31.1 Å². The second-order valence-electron chi connectivity index (χ2n) is 7.77. The number of aryl methyl sites for hydroxylation is 1. The second kappa shape index (κ2) is 9.62. The molecule has 1 saturated heterocycles. The number of hydrogen-bond donors (Lipinski definition) is 1. The van der Waals surface area contributed by atoms with E-state index in [4.69, 9.17) is 20.8 Å². The highest BCUT2D eigenvalue weighted by Crippen LogP contribution is 2.34. The molecule has 0 bridgehead atoms. The molecule has 7 heteroatoms. The van der Waals surface area contributed by atoms with Crippen LogP contribution < -0.4 is 5.32 Å². The molecular weight excluding hydrogens is 419 g/mol. The number of aromatic nitrogens is 1. The number of ether oxygens (including phenoxy) is 1. The summed E-state index contributed by atoms with van der Waals surface area (Å²) in [5, 5.41) is 3.63. The maximum atomic E-state index is 13.4. The van der Waals surface area contributed by atoms with Gasteiger partial charge in [-0.3, -0.25) is 4.79 Å². The first-order valence-electron chi connectivity index (χ1n) is 10.4. The van der Waals surface area contributed by atoms with Gasteiger partial charge in [0, 0.05) is 43.6 Å². The highest BCUT2D eigenvalue weighted by atomic mass is 35.5. The third kappa shape index (κ3) is 5.14. The van der Waals surface area contributed by atoms with E-state index < -0.39 is 0 Å². The van der Waals surface area contributed by atoms with Crippen molar-refractivity contribution in [1.29, 1.82) is 0 Å². The Morgan fingerprint density at radius 2 is 1.87 bits per heavy atom. The lowest BCUT2D eigenvalue weighted by Crippen LogP contribution is -2.44. The molecule has 0 spiro atoms. The van der Waals surface area contributed by atoms with Crippen LogP contribution in [-0.4, -0.2) is 30.6 Å². The van der Waals surface area contributed by atoms with E-state index in [1.165, 1.54) is 12.1 Å². The number of benzene rings is 2. The zero-order valence-electron chi connectivity index (χ0n) is 17.1. The lowest BCUT2D eigenvalue weighted by atomic mass is 9.74. The fourth-order valence-corrected chi connectivity index (χ4v) is 4.15. The van der Waals surface area contributed by atoms with E-state index in [9.17, 15) is 9.18 Å². The molecule has 3 aromatic rings. The third-order valence-corrected chi connectivity index (χ3v) is 6.12. The quantitative estimate of drug-likeness (QED) is 0.563. The monoisotopic (exact) mass is 442 g/mol. The van der Waals surface area contributed by atoms with Gasteiger partial charge in [-0.05, 0) is 42.7 Å². The Kier molecular flexibility index (Phi) is 6.68. The maximum absolute atomic E-state index is 13.4. The molecule has 1 amide bonds. The van der Waals surface area contributed by atoms with Crippen LogP contribution in [0.2, 0.25) is 5.02 Å². The normalized spacial score (nSPS) is 15.5. The predicted molar refractivity (Wildman–Crippen MR) is 116 cm³/mol. The number of nitrogens with one attached hydrogen (secondary N) is 1. The predicted octanol–water partition coefficient (Wildman–Crippen LogP) is 4.93. The highest BCUT2D eigenvalue weighted by Gasteiger charge is 2.34. The number of halogens is 2. The van der Waals surface area contributed by atoms with E-state index in [0.29, 0.717) is 42.9 Å². The SMILES string of the molecule is O=C(CCc1ncc(-c2ccccc2Cl)o1)NCC1(c2ccc(F)cc2)CCOCC1. The standard InChI is InChI=1S/C24H24ClFN2O3/c25-20-4-2-1-3-19(20)21-15-27-23(31-21)10-9-22(29)28-16-24(11-13-30-14-12-24)17-5-7-18(26)8-6-17/h1-8,15H,9-14,16H2,(H,28,29). The van der Waals surface area contributed by atoms with Crippen LogP contribution in [0.4, 0.5) is 4.39 Å². The van der Waals surface area contributed by atoms with E-state index in [-0.39, 0.29) is 23.6 Å². The molecule has 5 nitrogen and oxygen atoms in total. The Morgan fingerprint density at radius 1 is 1.13 bits per heavy atom. The molecule has 0 aliphatic carbocycles. The maximum Gasteiger partial charge on any atom is 0.220 e. The highest BCUT2D eigenvalue weighted by molar-refractivity contribution is 6.33. The number of nitrogens with zero attached hydrogens (tertiary/aromatic N) is 1. The van der Waals surface area contributed by atoms with Crippen molar-refractivity contribution in [2.24, 2.45) is 0 Å². The summed E-state index contributed by atoms with van der Waals surface area (Å²) in [4.78, 5) is 16.8. The first-order chi connectivity index (χ1) is 15.1. The van der Waals surface area contributed by atoms with Gasteiger partial charge in [0.25, 0.3) is 0 Å². The van der Waals surface area contributed by atoms with Crippen molar-refractivity contribution in [3.8, 4) is 11.3 Å². The third-order valence-electron chi connectivity index (χ3n) is 5.79. The van der Waals surface area contributed by atoms with Crippen molar-refractivity contribution in [2.75, 3.05) is 19.8 Å². The summed E-state index contributed by atoms with van der Waals surface area (Å²) in [5.74, 6) is 0.727. The van der Waals surface area contributed by atoms with E-state index in [1.807, 2.05) is 18.2 Å². The molecule has 31 heavy (non-hydrogen) atoms. The molecule has 0 radical (unpaired) electrons. The van der Waals surface area contributed by atoms with Crippen LogP contribution in [0.15, 0.2) is 59.1 Å². The molecule has 1 aromatic heterocycles. The van der Waals surface area contributed by atoms with Crippen molar-refractivity contribution in [3.63, 3.8) is 0 Å². The second-order valence-corrected chi connectivity index (χ2v) is 8.18. The van der Waals surface area contributed by atoms with Crippen molar-refractivity contribution >= 4 is 17.5 Å². The van der Waals surface area contributed by atoms with Crippen LogP contribution in [0.3, 0.4) is 0 Å². The van der Waals surface area contributed by atoms with Crippen molar-refractivity contribution in [3.05, 3.63) is 77.0 Å². The van der Waals surface area contributed by atoms with Crippen LogP contribution in [0.1, 0.15) is 30.7 Å². The summed E-state index contributed by atoms with van der Waals surface area (Å²) in [6.45, 7) is 1.72. The molecule has 0 unspecified atom stereocenters. The van der Waals surface area contributed by atoms with Crippen molar-refractivity contribution < 1.29 is 18.3 Å². The number of rotatable bonds is 7. The van der Waals surface area contributed by atoms with Gasteiger partial charge >= 0.3 is 0 Å². The van der Waals surface area contributed by atoms with Gasteiger partial charge in [0.15, 0.2) is 11.7 Å². The van der Waals surface area contributed by atoms with Gasteiger partial charge in [0.2, 0.25) is 5.91 Å². The number of amides is 1. The summed E-state index contributed by atoms with van der Waals surface area (Å²) in [6, 6.07) is 13.9. The molecule has 1 N–H and O–H groups in total.